The highest BCUT2D eigenvalue weighted by atomic mass is 127. The summed E-state index contributed by atoms with van der Waals surface area (Å²) in [7, 11) is 0. The van der Waals surface area contributed by atoms with E-state index in [2.05, 4.69) is 78.1 Å². The molecule has 3 unspecified atom stereocenters. The zero-order valence-electron chi connectivity index (χ0n) is 31.6. The van der Waals surface area contributed by atoms with Gasteiger partial charge < -0.3 is 35.2 Å². The average Bonchev–Trinajstić information content (AvgIpc) is 3.17. The van der Waals surface area contributed by atoms with Crippen LogP contribution in [0.15, 0.2) is 60.7 Å². The summed E-state index contributed by atoms with van der Waals surface area (Å²) >= 11 is 7.57. The summed E-state index contributed by atoms with van der Waals surface area (Å²) in [6, 6.07) is 17.3. The van der Waals surface area contributed by atoms with Crippen LogP contribution in [-0.4, -0.2) is 121 Å². The molecule has 2 fully saturated rings. The van der Waals surface area contributed by atoms with Crippen molar-refractivity contribution in [2.24, 2.45) is 0 Å². The third kappa shape index (κ3) is 22.8. The number of ether oxygens (including phenoxy) is 2. The first-order valence-electron chi connectivity index (χ1n) is 17.9. The van der Waals surface area contributed by atoms with Crippen molar-refractivity contribution in [3.8, 4) is 0 Å². The van der Waals surface area contributed by atoms with Crippen LogP contribution in [0.5, 0.6) is 0 Å². The molecule has 288 valence electrons. The molecule has 2 aliphatic rings. The number of hydrogen-bond acceptors (Lipinski definition) is 10. The zero-order valence-corrected chi connectivity index (χ0v) is 34.5. The van der Waals surface area contributed by atoms with Crippen LogP contribution in [0.4, 0.5) is 0 Å². The summed E-state index contributed by atoms with van der Waals surface area (Å²) in [5, 5.41) is 8.84. The Morgan fingerprint density at radius 3 is 1.63 bits per heavy atom. The van der Waals surface area contributed by atoms with E-state index in [1.165, 1.54) is 26.1 Å². The van der Waals surface area contributed by atoms with Gasteiger partial charge in [0.05, 0.1) is 13.2 Å². The number of carbonyl (C=O) groups excluding carboxylic acids is 4. The van der Waals surface area contributed by atoms with Gasteiger partial charge in [0, 0.05) is 54.3 Å². The molecule has 2 aromatic carbocycles. The highest BCUT2D eigenvalue weighted by Gasteiger charge is 2.29. The second kappa shape index (κ2) is 31.0. The molecular formula is C38H61ClIN5O6. The number of esters is 2. The highest BCUT2D eigenvalue weighted by Crippen LogP contribution is 2.09. The van der Waals surface area contributed by atoms with Gasteiger partial charge in [0.1, 0.15) is 12.1 Å². The maximum absolute atomic E-state index is 12.3. The number of amides is 1. The molecule has 3 N–H and O–H groups in total. The predicted molar refractivity (Wildman–Crippen MR) is 216 cm³/mol. The minimum Gasteiger partial charge on any atom is -0.465 e. The molecule has 0 radical (unpaired) electrons. The summed E-state index contributed by atoms with van der Waals surface area (Å²) in [5.41, 5.74) is 1.19. The number of piperazine rings is 2. The molecule has 2 aromatic rings. The second-order valence-corrected chi connectivity index (χ2v) is 13.8. The van der Waals surface area contributed by atoms with Crippen LogP contribution in [0.2, 0.25) is 0 Å². The quantitative estimate of drug-likeness (QED) is 0.124. The number of nitrogens with zero attached hydrogens (tertiary/aromatic N) is 2. The van der Waals surface area contributed by atoms with Crippen LogP contribution in [0, 0.1) is 0 Å². The number of hydrogen-bond donors (Lipinski definition) is 3. The lowest BCUT2D eigenvalue weighted by molar-refractivity contribution is -0.147. The maximum atomic E-state index is 12.3. The minimum atomic E-state index is -0.429. The van der Waals surface area contributed by atoms with E-state index >= 15 is 0 Å². The fraction of sp³-hybridized carbons (Fsp3) is 0.579. The van der Waals surface area contributed by atoms with Crippen molar-refractivity contribution in [3.63, 3.8) is 0 Å². The van der Waals surface area contributed by atoms with Gasteiger partial charge in [-0.15, -0.1) is 0 Å². The van der Waals surface area contributed by atoms with Crippen molar-refractivity contribution in [2.75, 3.05) is 72.1 Å². The molecule has 0 bridgehead atoms. The van der Waals surface area contributed by atoms with Crippen LogP contribution in [-0.2, 0) is 19.1 Å². The molecule has 3 atom stereocenters. The molecule has 11 nitrogen and oxygen atoms in total. The van der Waals surface area contributed by atoms with Crippen LogP contribution < -0.4 is 16.0 Å². The number of benzene rings is 2. The average molecular weight is 846 g/mol. The largest absolute Gasteiger partial charge is 0.465 e. The Morgan fingerprint density at radius 2 is 1.25 bits per heavy atom. The lowest BCUT2D eigenvalue weighted by Gasteiger charge is -2.32. The smallest absolute Gasteiger partial charge is 0.324 e. The van der Waals surface area contributed by atoms with Gasteiger partial charge >= 0.3 is 11.9 Å². The Hall–Kier alpha value is -2.62. The van der Waals surface area contributed by atoms with Gasteiger partial charge in [0.25, 0.3) is 11.1 Å². The van der Waals surface area contributed by atoms with Crippen molar-refractivity contribution in [1.29, 1.82) is 0 Å². The van der Waals surface area contributed by atoms with Gasteiger partial charge in [-0.05, 0) is 63.6 Å². The Kier molecular flexibility index (Phi) is 29.4. The summed E-state index contributed by atoms with van der Waals surface area (Å²) in [6.45, 7) is 22.9. The number of nitrogens with one attached hydrogen (secondary N) is 3. The van der Waals surface area contributed by atoms with E-state index in [9.17, 15) is 19.2 Å². The summed E-state index contributed by atoms with van der Waals surface area (Å²) in [5.74, 6) is -0.496. The van der Waals surface area contributed by atoms with E-state index in [-0.39, 0.29) is 23.9 Å². The third-order valence-electron chi connectivity index (χ3n) is 7.57. The fourth-order valence-corrected chi connectivity index (χ4v) is 4.53. The van der Waals surface area contributed by atoms with Gasteiger partial charge in [-0.2, -0.15) is 0 Å². The molecule has 0 saturated carbocycles. The Bertz CT molecular complexity index is 1200. The van der Waals surface area contributed by atoms with Crippen LogP contribution in [0.25, 0.3) is 0 Å². The van der Waals surface area contributed by atoms with E-state index in [1.54, 1.807) is 48.2 Å². The monoisotopic (exact) mass is 845 g/mol. The second-order valence-electron chi connectivity index (χ2n) is 11.3. The van der Waals surface area contributed by atoms with Gasteiger partial charge in [-0.3, -0.25) is 19.2 Å². The maximum Gasteiger partial charge on any atom is 0.324 e. The number of alkyl halides is 1. The molecule has 1 amide bonds. The summed E-state index contributed by atoms with van der Waals surface area (Å²) < 4.78 is 10.7. The highest BCUT2D eigenvalue weighted by molar-refractivity contribution is 14.1. The van der Waals surface area contributed by atoms with Crippen LogP contribution >= 0.6 is 34.2 Å². The minimum absolute atomic E-state index is 0.0450. The van der Waals surface area contributed by atoms with Crippen molar-refractivity contribution in [3.05, 3.63) is 71.8 Å². The van der Waals surface area contributed by atoms with Crippen molar-refractivity contribution >= 4 is 57.3 Å². The molecule has 0 aromatic heterocycles. The van der Waals surface area contributed by atoms with E-state index in [4.69, 9.17) is 21.1 Å². The third-order valence-corrected chi connectivity index (χ3v) is 8.67. The molecule has 2 saturated heterocycles. The summed E-state index contributed by atoms with van der Waals surface area (Å²) in [4.78, 5) is 49.5. The van der Waals surface area contributed by atoms with Gasteiger partial charge in [0.15, 0.2) is 0 Å². The molecular weight excluding hydrogens is 785 g/mol. The standard InChI is InChI=1S/C14H18N2O3.C7H5ClO.C7H14N2O2.C6H15N.C4H9I/c1-2-19-14(18)12-10-16(9-8-15-12)13(17)11-6-4-3-5-7-11;8-7(9)6-4-2-1-3-5-6;1-2-11-7(10)6-5-8-3-4-9-6;1-4-7(5-2)6-3;1-3-4(2)5/h3-7,12,15H,2,8-10H2,1H3;1-5H;6,8-9H,2-5H2,1H3;4-6H2,1-3H3;4H,3H2,1-2H3. The van der Waals surface area contributed by atoms with Crippen LogP contribution in [0.3, 0.4) is 0 Å². The van der Waals surface area contributed by atoms with Gasteiger partial charge in [-0.25, -0.2) is 0 Å². The fourth-order valence-electron chi connectivity index (χ4n) is 4.40. The first-order chi connectivity index (χ1) is 24.5. The topological polar surface area (TPSA) is 129 Å². The Morgan fingerprint density at radius 1 is 0.784 bits per heavy atom. The lowest BCUT2D eigenvalue weighted by Crippen LogP contribution is -2.56. The molecule has 0 spiro atoms. The molecule has 2 heterocycles. The van der Waals surface area contributed by atoms with E-state index < -0.39 is 11.3 Å². The first-order valence-corrected chi connectivity index (χ1v) is 19.6. The predicted octanol–water partition coefficient (Wildman–Crippen LogP) is 5.41. The molecule has 51 heavy (non-hydrogen) atoms. The van der Waals surface area contributed by atoms with Crippen LogP contribution in [0.1, 0.15) is 75.6 Å². The Balaban J connectivity index is 0.000000669. The Labute approximate surface area is 325 Å². The molecule has 4 rings (SSSR count). The zero-order chi connectivity index (χ0) is 38.4. The summed E-state index contributed by atoms with van der Waals surface area (Å²) in [6.07, 6.45) is 1.29. The van der Waals surface area contributed by atoms with E-state index in [0.29, 0.717) is 50.5 Å². The lowest BCUT2D eigenvalue weighted by atomic mass is 10.1. The number of halogens is 2. The molecule has 2 aliphatic heterocycles. The van der Waals surface area contributed by atoms with E-state index in [1.807, 2.05) is 31.2 Å². The number of carbonyl (C=O) groups is 4. The SMILES string of the molecule is CCC(C)I.CCN(CC)CC.CCOC(=O)C1CN(C(=O)c2ccccc2)CCN1.CCOC(=O)C1CNCCN1.O=C(Cl)c1ccccc1. The number of rotatable bonds is 10. The van der Waals surface area contributed by atoms with Crippen molar-refractivity contribution in [1.82, 2.24) is 25.8 Å². The first kappa shape index (κ1) is 48.4. The van der Waals surface area contributed by atoms with E-state index in [0.717, 1.165) is 17.0 Å². The normalized spacial score (nSPS) is 16.9. The van der Waals surface area contributed by atoms with Crippen molar-refractivity contribution < 1.29 is 28.7 Å². The van der Waals surface area contributed by atoms with Gasteiger partial charge in [0.2, 0.25) is 0 Å². The van der Waals surface area contributed by atoms with Crippen molar-refractivity contribution in [2.45, 2.75) is 70.9 Å². The van der Waals surface area contributed by atoms with Gasteiger partial charge in [-0.1, -0.05) is 106 Å². The molecule has 0 aliphatic carbocycles. The molecule has 13 heteroatoms.